The van der Waals surface area contributed by atoms with Crippen molar-refractivity contribution in [2.45, 2.75) is 13.1 Å². The van der Waals surface area contributed by atoms with E-state index in [1.807, 2.05) is 0 Å². The van der Waals surface area contributed by atoms with Crippen LogP contribution in [-0.2, 0) is 6.18 Å². The Labute approximate surface area is 110 Å². The number of hydrogen-bond acceptors (Lipinski definition) is 2. The molecule has 2 aromatic rings. The Bertz CT molecular complexity index is 569. The number of hydrogen-bond donors (Lipinski definition) is 0. The van der Waals surface area contributed by atoms with Gasteiger partial charge in [0.1, 0.15) is 5.69 Å². The molecule has 18 heavy (non-hydrogen) atoms. The van der Waals surface area contributed by atoms with Crippen molar-refractivity contribution >= 4 is 23.2 Å². The lowest BCUT2D eigenvalue weighted by Crippen LogP contribution is -2.07. The molecule has 0 saturated heterocycles. The summed E-state index contributed by atoms with van der Waals surface area (Å²) in [6, 6.07) is 1.59. The minimum Gasteiger partial charge on any atom is -0.166 e. The van der Waals surface area contributed by atoms with Gasteiger partial charge in [0.05, 0.1) is 27.5 Å². The molecule has 0 aliphatic rings. The molecule has 0 atom stereocenters. The molecule has 1 aromatic carbocycles. The van der Waals surface area contributed by atoms with Crippen LogP contribution in [-0.4, -0.2) is 15.0 Å². The second-order valence-electron chi connectivity index (χ2n) is 3.56. The lowest BCUT2D eigenvalue weighted by molar-refractivity contribution is -0.137. The van der Waals surface area contributed by atoms with Gasteiger partial charge in [0.25, 0.3) is 0 Å². The van der Waals surface area contributed by atoms with E-state index in [1.165, 1.54) is 6.20 Å². The fraction of sp³-hybridized carbons (Fsp3) is 0.200. The molecule has 2 rings (SSSR count). The van der Waals surface area contributed by atoms with Crippen LogP contribution in [0.3, 0.4) is 0 Å². The molecule has 0 N–H and O–H groups in total. The quantitative estimate of drug-likeness (QED) is 0.799. The zero-order valence-electron chi connectivity index (χ0n) is 8.96. The molecule has 1 aromatic heterocycles. The Hall–Kier alpha value is -1.27. The van der Waals surface area contributed by atoms with Gasteiger partial charge >= 0.3 is 6.18 Å². The van der Waals surface area contributed by atoms with Crippen LogP contribution in [0.25, 0.3) is 5.69 Å². The molecule has 3 nitrogen and oxygen atoms in total. The standard InChI is InChI=1S/C10H6Cl2F3N3/c1-5-4-16-18(17-5)9-7(11)2-6(3-8(9)12)10(13,14)15/h2-4H,1H3. The van der Waals surface area contributed by atoms with Crippen molar-refractivity contribution in [3.8, 4) is 5.69 Å². The first-order valence-corrected chi connectivity index (χ1v) is 5.50. The smallest absolute Gasteiger partial charge is 0.166 e. The van der Waals surface area contributed by atoms with Crippen LogP contribution < -0.4 is 0 Å². The topological polar surface area (TPSA) is 30.7 Å². The predicted octanol–water partition coefficient (Wildman–Crippen LogP) is 3.90. The summed E-state index contributed by atoms with van der Waals surface area (Å²) < 4.78 is 37.6. The van der Waals surface area contributed by atoms with Gasteiger partial charge < -0.3 is 0 Å². The molecule has 0 fully saturated rings. The van der Waals surface area contributed by atoms with E-state index >= 15 is 0 Å². The van der Waals surface area contributed by atoms with Crippen LogP contribution in [0.2, 0.25) is 10.0 Å². The molecule has 96 valence electrons. The summed E-state index contributed by atoms with van der Waals surface area (Å²) >= 11 is 11.6. The first-order valence-electron chi connectivity index (χ1n) is 4.74. The first-order chi connectivity index (χ1) is 8.29. The van der Waals surface area contributed by atoms with Crippen molar-refractivity contribution in [3.05, 3.63) is 39.6 Å². The highest BCUT2D eigenvalue weighted by Gasteiger charge is 2.32. The average molecular weight is 296 g/mol. The van der Waals surface area contributed by atoms with E-state index in [0.29, 0.717) is 5.69 Å². The predicted molar refractivity (Wildman–Crippen MR) is 61.1 cm³/mol. The van der Waals surface area contributed by atoms with Gasteiger partial charge in [-0.2, -0.15) is 23.4 Å². The Morgan fingerprint density at radius 2 is 1.72 bits per heavy atom. The van der Waals surface area contributed by atoms with E-state index in [-0.39, 0.29) is 15.7 Å². The maximum Gasteiger partial charge on any atom is 0.416 e. The third kappa shape index (κ3) is 2.44. The van der Waals surface area contributed by atoms with Crippen LogP contribution in [0.15, 0.2) is 18.3 Å². The molecule has 0 bridgehead atoms. The molecule has 8 heteroatoms. The van der Waals surface area contributed by atoms with E-state index in [9.17, 15) is 13.2 Å². The fourth-order valence-corrected chi connectivity index (χ4v) is 2.01. The Balaban J connectivity index is 2.58. The Morgan fingerprint density at radius 1 is 1.17 bits per heavy atom. The molecular formula is C10H6Cl2F3N3. The summed E-state index contributed by atoms with van der Waals surface area (Å²) in [6.07, 6.45) is -3.05. The molecule has 0 aliphatic heterocycles. The van der Waals surface area contributed by atoms with E-state index in [4.69, 9.17) is 23.2 Å². The van der Waals surface area contributed by atoms with Crippen molar-refractivity contribution in [3.63, 3.8) is 0 Å². The molecule has 0 spiro atoms. The second kappa shape index (κ2) is 4.44. The minimum atomic E-state index is -4.50. The fourth-order valence-electron chi connectivity index (χ4n) is 1.37. The van der Waals surface area contributed by atoms with Crippen molar-refractivity contribution in [1.29, 1.82) is 0 Å². The summed E-state index contributed by atoms with van der Waals surface area (Å²) in [6.45, 7) is 1.69. The van der Waals surface area contributed by atoms with Gasteiger partial charge in [-0.15, -0.1) is 4.80 Å². The summed E-state index contributed by atoms with van der Waals surface area (Å²) in [5, 5.41) is 7.48. The minimum absolute atomic E-state index is 0.124. The lowest BCUT2D eigenvalue weighted by Gasteiger charge is -2.11. The second-order valence-corrected chi connectivity index (χ2v) is 4.38. The van der Waals surface area contributed by atoms with E-state index in [1.54, 1.807) is 6.92 Å². The van der Waals surface area contributed by atoms with Gasteiger partial charge in [-0.05, 0) is 19.1 Å². The maximum atomic E-state index is 12.5. The third-order valence-corrected chi connectivity index (χ3v) is 2.73. The first kappa shape index (κ1) is 13.2. The zero-order valence-corrected chi connectivity index (χ0v) is 10.5. The Kier molecular flexibility index (Phi) is 3.25. The summed E-state index contributed by atoms with van der Waals surface area (Å²) in [7, 11) is 0. The highest BCUT2D eigenvalue weighted by atomic mass is 35.5. The van der Waals surface area contributed by atoms with Gasteiger partial charge in [-0.3, -0.25) is 0 Å². The van der Waals surface area contributed by atoms with Crippen molar-refractivity contribution < 1.29 is 13.2 Å². The van der Waals surface area contributed by atoms with E-state index in [2.05, 4.69) is 10.2 Å². The van der Waals surface area contributed by atoms with Crippen LogP contribution >= 0.6 is 23.2 Å². The number of aromatic nitrogens is 3. The largest absolute Gasteiger partial charge is 0.416 e. The molecule has 0 aliphatic carbocycles. The molecule has 0 radical (unpaired) electrons. The highest BCUT2D eigenvalue weighted by Crippen LogP contribution is 2.36. The Morgan fingerprint density at radius 3 is 2.11 bits per heavy atom. The third-order valence-electron chi connectivity index (χ3n) is 2.15. The summed E-state index contributed by atoms with van der Waals surface area (Å²) in [4.78, 5) is 1.10. The number of aryl methyl sites for hydroxylation is 1. The van der Waals surface area contributed by atoms with E-state index in [0.717, 1.165) is 16.9 Å². The van der Waals surface area contributed by atoms with Crippen LogP contribution in [0.1, 0.15) is 11.3 Å². The van der Waals surface area contributed by atoms with Crippen LogP contribution in [0.4, 0.5) is 13.2 Å². The molecule has 0 unspecified atom stereocenters. The number of alkyl halides is 3. The SMILES string of the molecule is Cc1cnn(-c2c(Cl)cc(C(F)(F)F)cc2Cl)n1. The molecular weight excluding hydrogens is 290 g/mol. The van der Waals surface area contributed by atoms with E-state index < -0.39 is 11.7 Å². The lowest BCUT2D eigenvalue weighted by atomic mass is 10.2. The van der Waals surface area contributed by atoms with Crippen LogP contribution in [0, 0.1) is 6.92 Å². The van der Waals surface area contributed by atoms with Gasteiger partial charge in [-0.25, -0.2) is 0 Å². The van der Waals surface area contributed by atoms with Gasteiger partial charge in [-0.1, -0.05) is 23.2 Å². The zero-order chi connectivity index (χ0) is 13.5. The number of nitrogens with zero attached hydrogens (tertiary/aromatic N) is 3. The molecule has 1 heterocycles. The summed E-state index contributed by atoms with van der Waals surface area (Å²) in [5.74, 6) is 0. The number of benzene rings is 1. The average Bonchev–Trinajstić information content (AvgIpc) is 2.62. The van der Waals surface area contributed by atoms with Crippen molar-refractivity contribution in [2.24, 2.45) is 0 Å². The number of rotatable bonds is 1. The van der Waals surface area contributed by atoms with Crippen molar-refractivity contribution in [2.75, 3.05) is 0 Å². The van der Waals surface area contributed by atoms with Gasteiger partial charge in [0, 0.05) is 0 Å². The van der Waals surface area contributed by atoms with Crippen LogP contribution in [0.5, 0.6) is 0 Å². The highest BCUT2D eigenvalue weighted by molar-refractivity contribution is 6.37. The molecule has 0 amide bonds. The number of halogens is 5. The maximum absolute atomic E-state index is 12.5. The van der Waals surface area contributed by atoms with Gasteiger partial charge in [0.15, 0.2) is 0 Å². The normalized spacial score (nSPS) is 11.9. The monoisotopic (exact) mass is 295 g/mol. The summed E-state index contributed by atoms with van der Waals surface area (Å²) in [5.41, 5.74) is -0.188. The molecule has 0 saturated carbocycles. The van der Waals surface area contributed by atoms with Gasteiger partial charge in [0.2, 0.25) is 0 Å². The van der Waals surface area contributed by atoms with Crippen molar-refractivity contribution in [1.82, 2.24) is 15.0 Å².